The van der Waals surface area contributed by atoms with E-state index in [0.717, 1.165) is 6.54 Å². The molecule has 1 rings (SSSR count). The van der Waals surface area contributed by atoms with Crippen LogP contribution in [-0.4, -0.2) is 54.4 Å². The summed E-state index contributed by atoms with van der Waals surface area (Å²) in [5.74, 6) is -0.579. The summed E-state index contributed by atoms with van der Waals surface area (Å²) in [6.07, 6.45) is -4.23. The maximum Gasteiger partial charge on any atom is 0.408 e. The first-order chi connectivity index (χ1) is 12.0. The fraction of sp³-hybridized carbons (Fsp3) is 0.950. The molecule has 1 amide bonds. The van der Waals surface area contributed by atoms with Crippen molar-refractivity contribution in [2.75, 3.05) is 19.8 Å². The molecule has 0 spiro atoms. The molecule has 2 atom stereocenters. The Hall–Kier alpha value is -0.820. The highest BCUT2D eigenvalue weighted by atomic mass is 19.4. The predicted molar refractivity (Wildman–Crippen MR) is 102 cm³/mol. The fourth-order valence-corrected chi connectivity index (χ4v) is 3.43. The Labute approximate surface area is 162 Å². The number of carbonyl (C=O) groups is 1. The Balaban J connectivity index is 2.84. The number of amides is 1. The van der Waals surface area contributed by atoms with E-state index in [1.807, 2.05) is 13.8 Å². The van der Waals surface area contributed by atoms with Gasteiger partial charge in [0, 0.05) is 23.5 Å². The van der Waals surface area contributed by atoms with E-state index in [2.05, 4.69) is 31.0 Å². The highest BCUT2D eigenvalue weighted by Gasteiger charge is 2.44. The van der Waals surface area contributed by atoms with Crippen LogP contribution in [0.25, 0.3) is 0 Å². The molecule has 7 heteroatoms. The SMILES string of the molecule is CC(N1CCOCC1(C)C)C(C)(C)CCC(NC(=O)C(C)(C)C)C(F)(F)F. The Morgan fingerprint density at radius 3 is 2.19 bits per heavy atom. The van der Waals surface area contributed by atoms with Crippen LogP contribution in [-0.2, 0) is 9.53 Å². The predicted octanol–water partition coefficient (Wildman–Crippen LogP) is 4.39. The number of halogens is 3. The summed E-state index contributed by atoms with van der Waals surface area (Å²) in [7, 11) is 0. The summed E-state index contributed by atoms with van der Waals surface area (Å²) in [6.45, 7) is 17.1. The van der Waals surface area contributed by atoms with Crippen LogP contribution in [0.3, 0.4) is 0 Å². The van der Waals surface area contributed by atoms with Crippen molar-refractivity contribution < 1.29 is 22.7 Å². The number of rotatable bonds is 6. The zero-order valence-electron chi connectivity index (χ0n) is 18.1. The van der Waals surface area contributed by atoms with Crippen LogP contribution in [0.4, 0.5) is 13.2 Å². The monoisotopic (exact) mass is 394 g/mol. The lowest BCUT2D eigenvalue weighted by Gasteiger charge is -2.50. The van der Waals surface area contributed by atoms with Crippen LogP contribution >= 0.6 is 0 Å². The molecule has 27 heavy (non-hydrogen) atoms. The molecule has 1 fully saturated rings. The van der Waals surface area contributed by atoms with Crippen LogP contribution in [0.2, 0.25) is 0 Å². The van der Waals surface area contributed by atoms with Gasteiger partial charge >= 0.3 is 6.18 Å². The molecule has 0 aromatic carbocycles. The summed E-state index contributed by atoms with van der Waals surface area (Å²) >= 11 is 0. The Bertz CT molecular complexity index is 510. The van der Waals surface area contributed by atoms with E-state index < -0.39 is 23.5 Å². The minimum atomic E-state index is -4.46. The summed E-state index contributed by atoms with van der Waals surface area (Å²) in [5, 5.41) is 2.21. The maximum atomic E-state index is 13.5. The second-order valence-corrected chi connectivity index (χ2v) is 10.1. The second kappa shape index (κ2) is 8.27. The molecule has 160 valence electrons. The molecule has 0 aliphatic carbocycles. The zero-order chi connectivity index (χ0) is 21.3. The number of hydrogen-bond donors (Lipinski definition) is 1. The largest absolute Gasteiger partial charge is 0.408 e. The van der Waals surface area contributed by atoms with E-state index in [4.69, 9.17) is 4.74 Å². The van der Waals surface area contributed by atoms with Gasteiger partial charge in [-0.15, -0.1) is 0 Å². The van der Waals surface area contributed by atoms with Crippen molar-refractivity contribution in [1.29, 1.82) is 0 Å². The third-order valence-electron chi connectivity index (χ3n) is 5.77. The van der Waals surface area contributed by atoms with Gasteiger partial charge in [0.15, 0.2) is 0 Å². The standard InChI is InChI=1S/C20H37F3N2O2/c1-14(25-11-12-27-13-19(25,7)8)18(5,6)10-9-15(20(21,22)23)24-16(26)17(2,3)4/h14-15H,9-13H2,1-8H3,(H,24,26). The first-order valence-electron chi connectivity index (χ1n) is 9.71. The summed E-state index contributed by atoms with van der Waals surface area (Å²) < 4.78 is 46.0. The van der Waals surface area contributed by atoms with Gasteiger partial charge in [-0.2, -0.15) is 13.2 Å². The Morgan fingerprint density at radius 2 is 1.74 bits per heavy atom. The Kier molecular flexibility index (Phi) is 7.42. The van der Waals surface area contributed by atoms with Crippen molar-refractivity contribution in [3.63, 3.8) is 0 Å². The van der Waals surface area contributed by atoms with Gasteiger partial charge in [-0.25, -0.2) is 0 Å². The van der Waals surface area contributed by atoms with E-state index in [-0.39, 0.29) is 23.4 Å². The van der Waals surface area contributed by atoms with Crippen molar-refractivity contribution >= 4 is 5.91 Å². The van der Waals surface area contributed by atoms with E-state index in [9.17, 15) is 18.0 Å². The molecule has 1 N–H and O–H groups in total. The van der Waals surface area contributed by atoms with E-state index >= 15 is 0 Å². The molecule has 4 nitrogen and oxygen atoms in total. The lowest BCUT2D eigenvalue weighted by Crippen LogP contribution is -2.60. The van der Waals surface area contributed by atoms with Crippen molar-refractivity contribution in [2.24, 2.45) is 10.8 Å². The number of carbonyl (C=O) groups excluding carboxylic acids is 1. The van der Waals surface area contributed by atoms with Gasteiger partial charge in [0.2, 0.25) is 5.91 Å². The third kappa shape index (κ3) is 6.63. The molecule has 1 saturated heterocycles. The number of morpholine rings is 1. The molecule has 0 aromatic rings. The average molecular weight is 395 g/mol. The normalized spacial score (nSPS) is 21.6. The van der Waals surface area contributed by atoms with Crippen LogP contribution < -0.4 is 5.32 Å². The highest BCUT2D eigenvalue weighted by Crippen LogP contribution is 2.37. The highest BCUT2D eigenvalue weighted by molar-refractivity contribution is 5.81. The number of nitrogens with zero attached hydrogens (tertiary/aromatic N) is 1. The summed E-state index contributed by atoms with van der Waals surface area (Å²) in [5.41, 5.74) is -1.35. The third-order valence-corrected chi connectivity index (χ3v) is 5.77. The van der Waals surface area contributed by atoms with Gasteiger partial charge in [-0.3, -0.25) is 9.69 Å². The lowest BCUT2D eigenvalue weighted by molar-refractivity contribution is -0.167. The summed E-state index contributed by atoms with van der Waals surface area (Å²) in [6, 6.07) is -1.74. The minimum absolute atomic E-state index is 0.0867. The number of alkyl halides is 3. The molecule has 1 aliphatic rings. The van der Waals surface area contributed by atoms with E-state index in [0.29, 0.717) is 19.6 Å². The number of nitrogens with one attached hydrogen (secondary N) is 1. The van der Waals surface area contributed by atoms with Crippen LogP contribution in [0.1, 0.15) is 68.2 Å². The lowest BCUT2D eigenvalue weighted by atomic mass is 9.77. The topological polar surface area (TPSA) is 41.6 Å². The van der Waals surface area contributed by atoms with Gasteiger partial charge in [0.05, 0.1) is 13.2 Å². The Morgan fingerprint density at radius 1 is 1.19 bits per heavy atom. The van der Waals surface area contributed by atoms with Gasteiger partial charge in [-0.1, -0.05) is 34.6 Å². The van der Waals surface area contributed by atoms with Crippen molar-refractivity contribution in [3.05, 3.63) is 0 Å². The molecular formula is C20H37F3N2O2. The first kappa shape index (κ1) is 24.2. The average Bonchev–Trinajstić information content (AvgIpc) is 2.47. The molecule has 0 bridgehead atoms. The van der Waals surface area contributed by atoms with Gasteiger partial charge in [0.1, 0.15) is 6.04 Å². The van der Waals surface area contributed by atoms with E-state index in [1.165, 1.54) is 0 Å². The van der Waals surface area contributed by atoms with Gasteiger partial charge in [-0.05, 0) is 39.0 Å². The van der Waals surface area contributed by atoms with Crippen LogP contribution in [0.5, 0.6) is 0 Å². The van der Waals surface area contributed by atoms with Crippen molar-refractivity contribution in [2.45, 2.75) is 92.0 Å². The van der Waals surface area contributed by atoms with Crippen LogP contribution in [0.15, 0.2) is 0 Å². The molecule has 0 saturated carbocycles. The zero-order valence-corrected chi connectivity index (χ0v) is 18.1. The quantitative estimate of drug-likeness (QED) is 0.727. The second-order valence-electron chi connectivity index (χ2n) is 10.1. The smallest absolute Gasteiger partial charge is 0.378 e. The van der Waals surface area contributed by atoms with Gasteiger partial charge < -0.3 is 10.1 Å². The fourth-order valence-electron chi connectivity index (χ4n) is 3.43. The number of ether oxygens (including phenoxy) is 1. The molecule has 0 aromatic heterocycles. The van der Waals surface area contributed by atoms with E-state index in [1.54, 1.807) is 20.8 Å². The molecular weight excluding hydrogens is 357 g/mol. The van der Waals surface area contributed by atoms with Gasteiger partial charge in [0.25, 0.3) is 0 Å². The van der Waals surface area contributed by atoms with Crippen LogP contribution in [0, 0.1) is 10.8 Å². The molecule has 0 radical (unpaired) electrons. The number of hydrogen-bond acceptors (Lipinski definition) is 3. The molecule has 1 heterocycles. The first-order valence-corrected chi connectivity index (χ1v) is 9.71. The molecule has 2 unspecified atom stereocenters. The minimum Gasteiger partial charge on any atom is -0.378 e. The van der Waals surface area contributed by atoms with Crippen molar-refractivity contribution in [3.8, 4) is 0 Å². The summed E-state index contributed by atoms with van der Waals surface area (Å²) in [4.78, 5) is 14.4. The maximum absolute atomic E-state index is 13.5. The molecule has 1 aliphatic heterocycles. The van der Waals surface area contributed by atoms with Crippen molar-refractivity contribution in [1.82, 2.24) is 10.2 Å².